The van der Waals surface area contributed by atoms with Gasteiger partial charge in [0.15, 0.2) is 18.3 Å². The predicted molar refractivity (Wildman–Crippen MR) is 134 cm³/mol. The number of hydrazine groups is 1. The lowest BCUT2D eigenvalue weighted by molar-refractivity contribution is -0.124. The van der Waals surface area contributed by atoms with Crippen molar-refractivity contribution in [2.75, 3.05) is 13.2 Å². The van der Waals surface area contributed by atoms with E-state index in [0.717, 1.165) is 25.3 Å². The van der Waals surface area contributed by atoms with Crippen LogP contribution >= 0.6 is 44.1 Å². The van der Waals surface area contributed by atoms with Crippen molar-refractivity contribution in [1.29, 1.82) is 0 Å². The highest BCUT2D eigenvalue weighted by Crippen LogP contribution is 2.32. The molecule has 0 unspecified atom stereocenters. The van der Waals surface area contributed by atoms with Gasteiger partial charge in [-0.3, -0.25) is 25.8 Å². The highest BCUT2D eigenvalue weighted by Gasteiger charge is 2.11. The Kier molecular flexibility index (Phi) is 8.43. The fourth-order valence-electron chi connectivity index (χ4n) is 2.74. The highest BCUT2D eigenvalue weighted by atomic mass is 79.9. The van der Waals surface area contributed by atoms with Gasteiger partial charge in [0, 0.05) is 4.47 Å². The number of carbonyl (C=O) groups excluding carboxylic acids is 2. The fraction of sp³-hybridized carbons (Fsp3) is 0.136. The van der Waals surface area contributed by atoms with Crippen molar-refractivity contribution < 1.29 is 19.1 Å². The van der Waals surface area contributed by atoms with Crippen LogP contribution < -0.4 is 25.6 Å². The summed E-state index contributed by atoms with van der Waals surface area (Å²) in [5.41, 5.74) is 5.71. The van der Waals surface area contributed by atoms with Gasteiger partial charge in [0.1, 0.15) is 11.5 Å². The van der Waals surface area contributed by atoms with Crippen LogP contribution in [-0.2, 0) is 9.59 Å². The molecule has 0 atom stereocenters. The maximum absolute atomic E-state index is 12.1. The SMILES string of the molecule is Cc1cc(Br)ccc1OCC(=O)NNC(=S)NC(=O)COc1ccc2ccccc2c1Br. The van der Waals surface area contributed by atoms with Crippen molar-refractivity contribution in [3.63, 3.8) is 0 Å². The molecule has 10 heteroatoms. The Morgan fingerprint density at radius 1 is 0.906 bits per heavy atom. The first-order chi connectivity index (χ1) is 15.3. The molecule has 3 rings (SSSR count). The van der Waals surface area contributed by atoms with Gasteiger partial charge in [-0.2, -0.15) is 0 Å². The number of ether oxygens (including phenoxy) is 2. The number of hydrogen-bond donors (Lipinski definition) is 3. The fourth-order valence-corrected chi connectivity index (χ4v) is 3.99. The van der Waals surface area contributed by atoms with Crippen LogP contribution in [0.1, 0.15) is 5.56 Å². The number of benzene rings is 3. The smallest absolute Gasteiger partial charge is 0.276 e. The zero-order chi connectivity index (χ0) is 23.1. The van der Waals surface area contributed by atoms with Gasteiger partial charge in [-0.05, 0) is 75.7 Å². The van der Waals surface area contributed by atoms with Gasteiger partial charge in [0.05, 0.1) is 4.47 Å². The van der Waals surface area contributed by atoms with E-state index in [4.69, 9.17) is 21.7 Å². The molecule has 0 spiro atoms. The second kappa shape index (κ2) is 11.3. The van der Waals surface area contributed by atoms with Crippen LogP contribution in [0.15, 0.2) is 63.5 Å². The lowest BCUT2D eigenvalue weighted by atomic mass is 10.1. The van der Waals surface area contributed by atoms with E-state index < -0.39 is 11.8 Å². The molecule has 3 N–H and O–H groups in total. The van der Waals surface area contributed by atoms with Crippen LogP contribution in [0.5, 0.6) is 11.5 Å². The Labute approximate surface area is 207 Å². The molecule has 3 aromatic carbocycles. The maximum atomic E-state index is 12.1. The van der Waals surface area contributed by atoms with Crippen LogP contribution in [0.2, 0.25) is 0 Å². The van der Waals surface area contributed by atoms with Crippen LogP contribution in [-0.4, -0.2) is 30.1 Å². The number of aryl methyl sites for hydroxylation is 1. The van der Waals surface area contributed by atoms with Crippen LogP contribution in [0.4, 0.5) is 0 Å². The Bertz CT molecular complexity index is 1170. The Morgan fingerprint density at radius 3 is 2.38 bits per heavy atom. The molecule has 0 saturated carbocycles. The molecule has 0 aliphatic heterocycles. The van der Waals surface area contributed by atoms with Crippen molar-refractivity contribution in [1.82, 2.24) is 16.2 Å². The monoisotopic (exact) mass is 579 g/mol. The molecule has 0 radical (unpaired) electrons. The number of amides is 2. The van der Waals surface area contributed by atoms with Gasteiger partial charge in [-0.25, -0.2) is 0 Å². The number of nitrogens with one attached hydrogen (secondary N) is 3. The first-order valence-electron chi connectivity index (χ1n) is 9.41. The van der Waals surface area contributed by atoms with E-state index in [9.17, 15) is 9.59 Å². The molecule has 3 aromatic rings. The third-order valence-electron chi connectivity index (χ3n) is 4.25. The van der Waals surface area contributed by atoms with Gasteiger partial charge in [-0.15, -0.1) is 0 Å². The van der Waals surface area contributed by atoms with Gasteiger partial charge >= 0.3 is 0 Å². The second-order valence-electron chi connectivity index (χ2n) is 6.64. The van der Waals surface area contributed by atoms with E-state index in [0.29, 0.717) is 11.5 Å². The van der Waals surface area contributed by atoms with E-state index in [1.54, 1.807) is 12.1 Å². The molecule has 0 heterocycles. The summed E-state index contributed by atoms with van der Waals surface area (Å²) in [5.74, 6) is 0.196. The van der Waals surface area contributed by atoms with Crippen LogP contribution in [0.3, 0.4) is 0 Å². The average molecular weight is 581 g/mol. The molecule has 2 amide bonds. The standard InChI is InChI=1S/C22H19Br2N3O4S/c1-13-10-15(23)7-9-17(13)30-12-20(29)26-27-22(32)25-19(28)11-31-18-8-6-14-4-2-3-5-16(14)21(18)24/h2-10H,11-12H2,1H3,(H,26,29)(H2,25,27,28,32). The summed E-state index contributed by atoms with van der Waals surface area (Å²) in [6, 6.07) is 17.0. The van der Waals surface area contributed by atoms with E-state index in [1.807, 2.05) is 49.4 Å². The van der Waals surface area contributed by atoms with Gasteiger partial charge in [0.2, 0.25) is 0 Å². The first kappa shape index (κ1) is 24.0. The Balaban J connectivity index is 1.40. The minimum atomic E-state index is -0.474. The normalized spacial score (nSPS) is 10.3. The third-order valence-corrected chi connectivity index (χ3v) is 5.77. The first-order valence-corrected chi connectivity index (χ1v) is 11.4. The maximum Gasteiger partial charge on any atom is 0.276 e. The van der Waals surface area contributed by atoms with Gasteiger partial charge in [0.25, 0.3) is 11.8 Å². The highest BCUT2D eigenvalue weighted by molar-refractivity contribution is 9.11. The molecule has 7 nitrogen and oxygen atoms in total. The van der Waals surface area contributed by atoms with Crippen molar-refractivity contribution in [3.8, 4) is 11.5 Å². The summed E-state index contributed by atoms with van der Waals surface area (Å²) in [6.07, 6.45) is 0. The Morgan fingerprint density at radius 2 is 1.59 bits per heavy atom. The molecule has 0 saturated heterocycles. The molecule has 0 bridgehead atoms. The molecule has 166 valence electrons. The second-order valence-corrected chi connectivity index (χ2v) is 8.75. The number of halogens is 2. The van der Waals surface area contributed by atoms with E-state index in [-0.39, 0.29) is 18.3 Å². The minimum absolute atomic E-state index is 0.0654. The molecule has 0 fully saturated rings. The number of rotatable bonds is 6. The third kappa shape index (κ3) is 6.65. The van der Waals surface area contributed by atoms with Crippen molar-refractivity contribution >= 4 is 71.8 Å². The summed E-state index contributed by atoms with van der Waals surface area (Å²) in [7, 11) is 0. The Hall–Kier alpha value is -2.69. The predicted octanol–water partition coefficient (Wildman–Crippen LogP) is 4.15. The number of hydrogen-bond acceptors (Lipinski definition) is 5. The van der Waals surface area contributed by atoms with Crippen LogP contribution in [0, 0.1) is 6.92 Å². The number of carbonyl (C=O) groups is 2. The zero-order valence-corrected chi connectivity index (χ0v) is 20.9. The molecule has 0 aromatic heterocycles. The van der Waals surface area contributed by atoms with Gasteiger partial charge in [-0.1, -0.05) is 46.3 Å². The molecule has 32 heavy (non-hydrogen) atoms. The van der Waals surface area contributed by atoms with Gasteiger partial charge < -0.3 is 9.47 Å². The topological polar surface area (TPSA) is 88.7 Å². The zero-order valence-electron chi connectivity index (χ0n) is 16.9. The van der Waals surface area contributed by atoms with E-state index in [2.05, 4.69) is 48.0 Å². The number of thiocarbonyl (C=S) groups is 1. The summed E-state index contributed by atoms with van der Waals surface area (Å²) < 4.78 is 12.7. The van der Waals surface area contributed by atoms with Crippen molar-refractivity contribution in [2.45, 2.75) is 6.92 Å². The van der Waals surface area contributed by atoms with E-state index >= 15 is 0 Å². The molecule has 0 aliphatic carbocycles. The summed E-state index contributed by atoms with van der Waals surface area (Å²) >= 11 is 11.9. The van der Waals surface area contributed by atoms with Crippen molar-refractivity contribution in [3.05, 3.63) is 69.1 Å². The minimum Gasteiger partial charge on any atom is -0.483 e. The molecule has 0 aliphatic rings. The molecular weight excluding hydrogens is 562 g/mol. The summed E-state index contributed by atoms with van der Waals surface area (Å²) in [5, 5.41) is 4.40. The molecular formula is C22H19Br2N3O4S. The lowest BCUT2D eigenvalue weighted by Crippen LogP contribution is -2.50. The largest absolute Gasteiger partial charge is 0.483 e. The summed E-state index contributed by atoms with van der Waals surface area (Å²) in [4.78, 5) is 24.0. The average Bonchev–Trinajstić information content (AvgIpc) is 2.77. The number of fused-ring (bicyclic) bond motifs is 1. The van der Waals surface area contributed by atoms with Crippen molar-refractivity contribution in [2.24, 2.45) is 0 Å². The van der Waals surface area contributed by atoms with Crippen LogP contribution in [0.25, 0.3) is 10.8 Å². The summed E-state index contributed by atoms with van der Waals surface area (Å²) in [6.45, 7) is 1.41. The van der Waals surface area contributed by atoms with E-state index in [1.165, 1.54) is 0 Å². The quantitative estimate of drug-likeness (QED) is 0.300. The lowest BCUT2D eigenvalue weighted by Gasteiger charge is -2.13.